The number of azide groups is 2. The second kappa shape index (κ2) is 12.5. The molecule has 198 valence electrons. The van der Waals surface area contributed by atoms with E-state index >= 15 is 0 Å². The summed E-state index contributed by atoms with van der Waals surface area (Å²) in [5.74, 6) is 0.0841. The maximum atomic E-state index is 13.6. The van der Waals surface area contributed by atoms with Gasteiger partial charge in [0.1, 0.15) is 5.75 Å². The van der Waals surface area contributed by atoms with Gasteiger partial charge in [-0.25, -0.2) is 9.79 Å². The van der Waals surface area contributed by atoms with Crippen molar-refractivity contribution in [1.29, 1.82) is 0 Å². The summed E-state index contributed by atoms with van der Waals surface area (Å²) in [5.41, 5.74) is 18.7. The van der Waals surface area contributed by atoms with Gasteiger partial charge >= 0.3 is 5.97 Å². The molecule has 39 heavy (non-hydrogen) atoms. The van der Waals surface area contributed by atoms with E-state index in [1.807, 2.05) is 0 Å². The molecule has 3 aromatic carbocycles. The van der Waals surface area contributed by atoms with Gasteiger partial charge < -0.3 is 19.3 Å². The number of aliphatic hydroxyl groups is 1. The first-order chi connectivity index (χ1) is 19.1. The molecule has 0 saturated carbocycles. The van der Waals surface area contributed by atoms with E-state index < -0.39 is 17.6 Å². The maximum Gasteiger partial charge on any atom is 0.338 e. The fourth-order valence-corrected chi connectivity index (χ4v) is 4.36. The van der Waals surface area contributed by atoms with Crippen molar-refractivity contribution in [2.45, 2.75) is 24.5 Å². The Hall–Kier alpha value is -5.02. The van der Waals surface area contributed by atoms with E-state index in [-0.39, 0.29) is 24.6 Å². The van der Waals surface area contributed by atoms with Crippen LogP contribution >= 0.6 is 0 Å². The van der Waals surface area contributed by atoms with E-state index in [1.54, 1.807) is 72.8 Å². The summed E-state index contributed by atoms with van der Waals surface area (Å²) >= 11 is 0. The molecular weight excluding hydrogens is 502 g/mol. The molecule has 0 unspecified atom stereocenters. The molecule has 0 amide bonds. The number of rotatable bonds is 11. The zero-order valence-electron chi connectivity index (χ0n) is 21.0. The minimum Gasteiger partial charge on any atom is -0.494 e. The quantitative estimate of drug-likeness (QED) is 0.105. The molecule has 0 spiro atoms. The third-order valence-corrected chi connectivity index (χ3v) is 6.15. The smallest absolute Gasteiger partial charge is 0.338 e. The molecule has 0 fully saturated rings. The molecule has 0 aromatic heterocycles. The summed E-state index contributed by atoms with van der Waals surface area (Å²) in [6, 6.07) is 20.6. The van der Waals surface area contributed by atoms with Crippen LogP contribution in [0.2, 0.25) is 0 Å². The van der Waals surface area contributed by atoms with Crippen LogP contribution in [0.1, 0.15) is 29.2 Å². The van der Waals surface area contributed by atoms with Crippen LogP contribution in [0.5, 0.6) is 5.75 Å². The van der Waals surface area contributed by atoms with Gasteiger partial charge in [0.2, 0.25) is 11.4 Å². The number of benzene rings is 3. The van der Waals surface area contributed by atoms with Gasteiger partial charge in [-0.3, -0.25) is 0 Å². The van der Waals surface area contributed by atoms with Crippen molar-refractivity contribution in [2.24, 2.45) is 15.2 Å². The Kier molecular flexibility index (Phi) is 8.65. The van der Waals surface area contributed by atoms with Crippen molar-refractivity contribution in [3.05, 3.63) is 110 Å². The fourth-order valence-electron chi connectivity index (χ4n) is 4.36. The largest absolute Gasteiger partial charge is 0.494 e. The molecule has 0 radical (unpaired) electrons. The first-order valence-electron chi connectivity index (χ1n) is 12.0. The Labute approximate surface area is 223 Å². The van der Waals surface area contributed by atoms with E-state index in [0.717, 1.165) is 0 Å². The highest BCUT2D eigenvalue weighted by molar-refractivity contribution is 6.00. The minimum absolute atomic E-state index is 0.0276. The van der Waals surface area contributed by atoms with E-state index in [4.69, 9.17) is 35.4 Å². The normalized spacial score (nSPS) is 17.7. The average molecular weight is 528 g/mol. The Morgan fingerprint density at radius 2 is 1.69 bits per heavy atom. The molecule has 1 heterocycles. The summed E-state index contributed by atoms with van der Waals surface area (Å²) in [6.45, 7) is 0.390. The van der Waals surface area contributed by atoms with Crippen LogP contribution in [-0.2, 0) is 20.7 Å². The molecule has 0 bridgehead atoms. The first-order valence-corrected chi connectivity index (χ1v) is 12.0. The van der Waals surface area contributed by atoms with Crippen LogP contribution in [0.3, 0.4) is 0 Å². The van der Waals surface area contributed by atoms with Crippen molar-refractivity contribution < 1.29 is 24.1 Å². The highest BCUT2D eigenvalue weighted by Gasteiger charge is 2.55. The summed E-state index contributed by atoms with van der Waals surface area (Å²) in [6.07, 6.45) is -0.569. The van der Waals surface area contributed by atoms with Gasteiger partial charge in [-0.1, -0.05) is 58.8 Å². The molecule has 4 rings (SSSR count). The lowest BCUT2D eigenvalue weighted by Gasteiger charge is -2.30. The number of ether oxygens (including phenoxy) is 3. The molecule has 2 atom stereocenters. The van der Waals surface area contributed by atoms with Crippen LogP contribution in [-0.4, -0.2) is 42.8 Å². The molecule has 0 saturated heterocycles. The lowest BCUT2D eigenvalue weighted by Crippen LogP contribution is -2.44. The van der Waals surface area contributed by atoms with Crippen LogP contribution in [0.4, 0.5) is 11.4 Å². The lowest BCUT2D eigenvalue weighted by atomic mass is 9.82. The standard InChI is InChI=1S/C27H25N7O5/c1-37-26(36)27(17-19-7-2-4-9-22(19)31-33-28)24(21-8-3-5-10-23(21)32-34-29)39-25(30-27)18-11-13-20(14-12-18)38-16-6-15-35/h2-5,7-14,24,35H,6,15-17H2,1H3/t24-,27-/m1/s1. The molecule has 3 aromatic rings. The van der Waals surface area contributed by atoms with Gasteiger partial charge in [0.05, 0.1) is 13.7 Å². The number of hydrogen-bond acceptors (Lipinski definition) is 8. The van der Waals surface area contributed by atoms with Gasteiger partial charge in [-0.15, -0.1) is 0 Å². The molecule has 1 aliphatic rings. The maximum absolute atomic E-state index is 13.6. The predicted octanol–water partition coefficient (Wildman–Crippen LogP) is 6.00. The lowest BCUT2D eigenvalue weighted by molar-refractivity contribution is -0.149. The number of carbonyl (C=O) groups is 1. The number of nitrogens with zero attached hydrogens (tertiary/aromatic N) is 7. The molecule has 1 N–H and O–H groups in total. The van der Waals surface area contributed by atoms with Crippen LogP contribution in [0.25, 0.3) is 20.9 Å². The van der Waals surface area contributed by atoms with Crippen LogP contribution in [0, 0.1) is 0 Å². The second-order valence-corrected chi connectivity index (χ2v) is 8.52. The van der Waals surface area contributed by atoms with E-state index in [0.29, 0.717) is 41.2 Å². The number of hydrogen-bond donors (Lipinski definition) is 1. The molecule has 0 aliphatic carbocycles. The third kappa shape index (κ3) is 5.78. The average Bonchev–Trinajstić information content (AvgIpc) is 3.35. The van der Waals surface area contributed by atoms with Crippen molar-refractivity contribution in [2.75, 3.05) is 20.3 Å². The zero-order valence-corrected chi connectivity index (χ0v) is 21.0. The highest BCUT2D eigenvalue weighted by atomic mass is 16.5. The van der Waals surface area contributed by atoms with Crippen molar-refractivity contribution in [3.63, 3.8) is 0 Å². The van der Waals surface area contributed by atoms with Crippen LogP contribution in [0.15, 0.2) is 88.0 Å². The number of methoxy groups -OCH3 is 1. The summed E-state index contributed by atoms with van der Waals surface area (Å²) in [5, 5.41) is 16.5. The van der Waals surface area contributed by atoms with Crippen LogP contribution < -0.4 is 4.74 Å². The number of aliphatic imine (C=N–C) groups is 1. The Balaban J connectivity index is 1.85. The zero-order chi connectivity index (χ0) is 27.7. The van der Waals surface area contributed by atoms with Crippen molar-refractivity contribution in [1.82, 2.24) is 0 Å². The Morgan fingerprint density at radius 1 is 1.03 bits per heavy atom. The summed E-state index contributed by atoms with van der Waals surface area (Å²) < 4.78 is 17.2. The summed E-state index contributed by atoms with van der Waals surface area (Å²) in [7, 11) is 1.26. The van der Waals surface area contributed by atoms with Crippen molar-refractivity contribution >= 4 is 23.2 Å². The fraction of sp³-hybridized carbons (Fsp3) is 0.259. The predicted molar refractivity (Wildman–Crippen MR) is 143 cm³/mol. The SMILES string of the molecule is COC(=O)[C@]1(Cc2ccccc2N=[N+]=[N-])N=C(c2ccc(OCCCO)cc2)O[C@@H]1c1ccccc1N=[N+]=[N-]. The molecule has 12 nitrogen and oxygen atoms in total. The van der Waals surface area contributed by atoms with Gasteiger partial charge in [0.25, 0.3) is 0 Å². The van der Waals surface area contributed by atoms with Gasteiger partial charge in [0, 0.05) is 51.8 Å². The number of esters is 1. The molecular formula is C27H25N7O5. The van der Waals surface area contributed by atoms with Gasteiger partial charge in [-0.2, -0.15) is 0 Å². The topological polar surface area (TPSA) is 175 Å². The second-order valence-electron chi connectivity index (χ2n) is 8.52. The van der Waals surface area contributed by atoms with Crippen molar-refractivity contribution in [3.8, 4) is 5.75 Å². The van der Waals surface area contributed by atoms with Gasteiger partial charge in [-0.05, 0) is 40.9 Å². The third-order valence-electron chi connectivity index (χ3n) is 6.15. The Morgan fingerprint density at radius 3 is 2.38 bits per heavy atom. The number of carbonyl (C=O) groups excluding carboxylic acids is 1. The monoisotopic (exact) mass is 527 g/mol. The molecule has 12 heteroatoms. The van der Waals surface area contributed by atoms with E-state index in [1.165, 1.54) is 7.11 Å². The van der Waals surface area contributed by atoms with Gasteiger partial charge in [0.15, 0.2) is 6.10 Å². The highest BCUT2D eigenvalue weighted by Crippen LogP contribution is 2.46. The summed E-state index contributed by atoms with van der Waals surface area (Å²) in [4.78, 5) is 24.2. The molecule has 1 aliphatic heterocycles. The number of aliphatic hydroxyl groups excluding tert-OH is 1. The van der Waals surface area contributed by atoms with E-state index in [2.05, 4.69) is 20.1 Å². The van der Waals surface area contributed by atoms with E-state index in [9.17, 15) is 4.79 Å². The minimum atomic E-state index is -1.65. The Bertz CT molecular complexity index is 1460. The first kappa shape index (κ1) is 27.0.